The minimum absolute atomic E-state index is 0.308. The van der Waals surface area contributed by atoms with Gasteiger partial charge in [-0.25, -0.2) is 15.0 Å². The summed E-state index contributed by atoms with van der Waals surface area (Å²) >= 11 is 0. The van der Waals surface area contributed by atoms with Gasteiger partial charge in [-0.15, -0.1) is 0 Å². The number of hydrogen-bond acceptors (Lipinski definition) is 7. The Labute approximate surface area is 142 Å². The first-order chi connectivity index (χ1) is 11.8. The van der Waals surface area contributed by atoms with E-state index in [2.05, 4.69) is 43.1 Å². The number of nitrogens with one attached hydrogen (secondary N) is 1. The van der Waals surface area contributed by atoms with Crippen LogP contribution in [0.1, 0.15) is 18.2 Å². The van der Waals surface area contributed by atoms with E-state index in [0.29, 0.717) is 18.1 Å². The maximum atomic E-state index is 9.06. The Morgan fingerprint density at radius 1 is 1.12 bits per heavy atom. The molecule has 24 heavy (non-hydrogen) atoms. The van der Waals surface area contributed by atoms with Crippen molar-refractivity contribution in [2.24, 2.45) is 0 Å². The SMILES string of the molecule is CCN1CCN(c2cc(CNc3nccnc3C#N)ccn2)CC1. The maximum Gasteiger partial charge on any atom is 0.182 e. The number of nitrogens with zero attached hydrogens (tertiary/aromatic N) is 6. The summed E-state index contributed by atoms with van der Waals surface area (Å²) in [7, 11) is 0. The first-order valence-electron chi connectivity index (χ1n) is 8.17. The van der Waals surface area contributed by atoms with Gasteiger partial charge >= 0.3 is 0 Å². The molecule has 0 saturated carbocycles. The molecule has 0 radical (unpaired) electrons. The normalized spacial score (nSPS) is 15.1. The van der Waals surface area contributed by atoms with Gasteiger partial charge in [-0.05, 0) is 24.2 Å². The molecule has 7 nitrogen and oxygen atoms in total. The van der Waals surface area contributed by atoms with Crippen molar-refractivity contribution in [2.75, 3.05) is 42.9 Å². The molecule has 0 unspecified atom stereocenters. The monoisotopic (exact) mass is 323 g/mol. The number of anilines is 2. The predicted molar refractivity (Wildman–Crippen MR) is 92.6 cm³/mol. The number of hydrogen-bond donors (Lipinski definition) is 1. The fourth-order valence-corrected chi connectivity index (χ4v) is 2.77. The summed E-state index contributed by atoms with van der Waals surface area (Å²) in [6.07, 6.45) is 4.93. The second kappa shape index (κ2) is 7.70. The molecule has 0 amide bonds. The number of rotatable bonds is 5. The lowest BCUT2D eigenvalue weighted by molar-refractivity contribution is 0.270. The summed E-state index contributed by atoms with van der Waals surface area (Å²) in [5.41, 5.74) is 1.41. The smallest absolute Gasteiger partial charge is 0.182 e. The van der Waals surface area contributed by atoms with E-state index in [1.165, 1.54) is 6.20 Å². The molecule has 0 bridgehead atoms. The summed E-state index contributed by atoms with van der Waals surface area (Å²) in [5, 5.41) is 12.2. The van der Waals surface area contributed by atoms with Crippen LogP contribution in [0.2, 0.25) is 0 Å². The highest BCUT2D eigenvalue weighted by atomic mass is 15.3. The molecule has 0 aliphatic carbocycles. The van der Waals surface area contributed by atoms with E-state index in [-0.39, 0.29) is 0 Å². The zero-order valence-corrected chi connectivity index (χ0v) is 13.8. The molecule has 1 aliphatic heterocycles. The van der Waals surface area contributed by atoms with Gasteiger partial charge in [0.2, 0.25) is 0 Å². The minimum Gasteiger partial charge on any atom is -0.364 e. The third-order valence-electron chi connectivity index (χ3n) is 4.22. The number of pyridine rings is 1. The van der Waals surface area contributed by atoms with Gasteiger partial charge in [0.05, 0.1) is 0 Å². The number of nitriles is 1. The summed E-state index contributed by atoms with van der Waals surface area (Å²) in [6, 6.07) is 6.11. The minimum atomic E-state index is 0.308. The molecule has 0 aromatic carbocycles. The zero-order valence-electron chi connectivity index (χ0n) is 13.8. The van der Waals surface area contributed by atoms with E-state index in [1.807, 2.05) is 18.3 Å². The Bertz CT molecular complexity index is 717. The summed E-state index contributed by atoms with van der Waals surface area (Å²) in [6.45, 7) is 8.03. The van der Waals surface area contributed by atoms with Gasteiger partial charge in [-0.3, -0.25) is 0 Å². The molecule has 124 valence electrons. The Hall–Kier alpha value is -2.72. The van der Waals surface area contributed by atoms with E-state index in [0.717, 1.165) is 44.1 Å². The van der Waals surface area contributed by atoms with Crippen molar-refractivity contribution in [3.63, 3.8) is 0 Å². The van der Waals surface area contributed by atoms with Crippen LogP contribution in [-0.2, 0) is 6.54 Å². The van der Waals surface area contributed by atoms with E-state index in [4.69, 9.17) is 5.26 Å². The van der Waals surface area contributed by atoms with Crippen LogP contribution in [0.15, 0.2) is 30.7 Å². The number of aromatic nitrogens is 3. The van der Waals surface area contributed by atoms with Gasteiger partial charge in [0, 0.05) is 51.3 Å². The zero-order chi connectivity index (χ0) is 16.8. The topological polar surface area (TPSA) is 81.0 Å². The van der Waals surface area contributed by atoms with Gasteiger partial charge in [0.1, 0.15) is 11.9 Å². The van der Waals surface area contributed by atoms with Gasteiger partial charge in [-0.2, -0.15) is 5.26 Å². The van der Waals surface area contributed by atoms with Crippen LogP contribution in [0.5, 0.6) is 0 Å². The quantitative estimate of drug-likeness (QED) is 0.893. The highest BCUT2D eigenvalue weighted by Crippen LogP contribution is 2.16. The van der Waals surface area contributed by atoms with Gasteiger partial charge < -0.3 is 15.1 Å². The summed E-state index contributed by atoms with van der Waals surface area (Å²) in [5.74, 6) is 1.51. The van der Waals surface area contributed by atoms with E-state index in [9.17, 15) is 0 Å². The fraction of sp³-hybridized carbons (Fsp3) is 0.412. The highest BCUT2D eigenvalue weighted by molar-refractivity contribution is 5.48. The van der Waals surface area contributed by atoms with Crippen LogP contribution in [0.4, 0.5) is 11.6 Å². The number of piperazine rings is 1. The first-order valence-corrected chi connectivity index (χ1v) is 8.17. The van der Waals surface area contributed by atoms with Crippen molar-refractivity contribution in [3.05, 3.63) is 42.0 Å². The van der Waals surface area contributed by atoms with Crippen LogP contribution in [0.3, 0.4) is 0 Å². The third-order valence-corrected chi connectivity index (χ3v) is 4.22. The third kappa shape index (κ3) is 3.78. The van der Waals surface area contributed by atoms with Gasteiger partial charge in [0.25, 0.3) is 0 Å². The summed E-state index contributed by atoms with van der Waals surface area (Å²) < 4.78 is 0. The second-order valence-corrected chi connectivity index (χ2v) is 5.66. The highest BCUT2D eigenvalue weighted by Gasteiger charge is 2.16. The first kappa shape index (κ1) is 16.1. The fourth-order valence-electron chi connectivity index (χ4n) is 2.77. The molecule has 0 atom stereocenters. The van der Waals surface area contributed by atoms with E-state index >= 15 is 0 Å². The molecular formula is C17H21N7. The van der Waals surface area contributed by atoms with Gasteiger partial charge in [-0.1, -0.05) is 6.92 Å². The molecule has 1 fully saturated rings. The summed E-state index contributed by atoms with van der Waals surface area (Å²) in [4.78, 5) is 17.4. The lowest BCUT2D eigenvalue weighted by Gasteiger charge is -2.34. The van der Waals surface area contributed by atoms with Crippen LogP contribution in [0.25, 0.3) is 0 Å². The van der Waals surface area contributed by atoms with Crippen molar-refractivity contribution in [2.45, 2.75) is 13.5 Å². The average molecular weight is 323 g/mol. The molecule has 0 spiro atoms. The Kier molecular flexibility index (Phi) is 5.18. The average Bonchev–Trinajstić information content (AvgIpc) is 2.67. The molecule has 3 heterocycles. The maximum absolute atomic E-state index is 9.06. The molecule has 3 rings (SSSR count). The van der Waals surface area contributed by atoms with Crippen molar-refractivity contribution in [1.29, 1.82) is 5.26 Å². The molecule has 2 aromatic rings. The largest absolute Gasteiger partial charge is 0.364 e. The van der Waals surface area contributed by atoms with E-state index < -0.39 is 0 Å². The number of likely N-dealkylation sites (N-methyl/N-ethyl adjacent to an activating group) is 1. The van der Waals surface area contributed by atoms with Crippen molar-refractivity contribution < 1.29 is 0 Å². The van der Waals surface area contributed by atoms with Crippen molar-refractivity contribution in [3.8, 4) is 6.07 Å². The Balaban J connectivity index is 1.64. The molecule has 1 saturated heterocycles. The van der Waals surface area contributed by atoms with Crippen molar-refractivity contribution in [1.82, 2.24) is 19.9 Å². The molecule has 1 aliphatic rings. The standard InChI is InChI=1S/C17H21N7/c1-2-23-7-9-24(10-8-23)16-11-14(3-4-20-16)13-22-17-15(12-18)19-5-6-21-17/h3-6,11H,2,7-10,13H2,1H3,(H,21,22). The van der Waals surface area contributed by atoms with E-state index in [1.54, 1.807) is 6.20 Å². The predicted octanol–water partition coefficient (Wildman–Crippen LogP) is 1.50. The van der Waals surface area contributed by atoms with Crippen LogP contribution >= 0.6 is 0 Å². The molecule has 7 heteroatoms. The second-order valence-electron chi connectivity index (χ2n) is 5.66. The van der Waals surface area contributed by atoms with Gasteiger partial charge in [0.15, 0.2) is 11.5 Å². The lowest BCUT2D eigenvalue weighted by atomic mass is 10.2. The lowest BCUT2D eigenvalue weighted by Crippen LogP contribution is -2.46. The van der Waals surface area contributed by atoms with Crippen LogP contribution in [0, 0.1) is 11.3 Å². The Morgan fingerprint density at radius 2 is 1.92 bits per heavy atom. The molecular weight excluding hydrogens is 302 g/mol. The van der Waals surface area contributed by atoms with Crippen LogP contribution in [-0.4, -0.2) is 52.6 Å². The Morgan fingerprint density at radius 3 is 2.67 bits per heavy atom. The van der Waals surface area contributed by atoms with Crippen molar-refractivity contribution >= 4 is 11.6 Å². The van der Waals surface area contributed by atoms with Crippen LogP contribution < -0.4 is 10.2 Å². The molecule has 2 aromatic heterocycles. The molecule has 1 N–H and O–H groups in total.